The van der Waals surface area contributed by atoms with E-state index in [2.05, 4.69) is 47.3 Å². The zero-order chi connectivity index (χ0) is 16.2. The summed E-state index contributed by atoms with van der Waals surface area (Å²) in [5, 5.41) is 1.25. The molecule has 23 heavy (non-hydrogen) atoms. The van der Waals surface area contributed by atoms with E-state index in [1.807, 2.05) is 6.92 Å². The van der Waals surface area contributed by atoms with Crippen molar-refractivity contribution >= 4 is 22.3 Å². The molecule has 2 aromatic rings. The van der Waals surface area contributed by atoms with Crippen LogP contribution in [0.25, 0.3) is 16.5 Å². The maximum absolute atomic E-state index is 11.7. The normalized spacial score (nSPS) is 15.8. The van der Waals surface area contributed by atoms with Crippen molar-refractivity contribution in [1.82, 2.24) is 9.88 Å². The minimum Gasteiger partial charge on any atom is -0.361 e. The molecule has 0 atom stereocenters. The molecule has 0 aliphatic carbocycles. The fourth-order valence-corrected chi connectivity index (χ4v) is 3.37. The van der Waals surface area contributed by atoms with E-state index in [1.165, 1.54) is 29.5 Å². The lowest BCUT2D eigenvalue weighted by atomic mass is 9.97. The highest BCUT2D eigenvalue weighted by atomic mass is 16.1. The van der Waals surface area contributed by atoms with Crippen molar-refractivity contribution in [2.24, 2.45) is 0 Å². The van der Waals surface area contributed by atoms with E-state index in [1.54, 1.807) is 0 Å². The quantitative estimate of drug-likeness (QED) is 0.868. The molecule has 0 amide bonds. The average Bonchev–Trinajstić information content (AvgIpc) is 2.99. The molecule has 1 N–H and O–H groups in total. The number of hydrogen-bond donors (Lipinski definition) is 1. The number of nitrogens with one attached hydrogen (secondary N) is 1. The third-order valence-corrected chi connectivity index (χ3v) is 4.72. The fraction of sp³-hybridized carbons (Fsp3) is 0.450. The molecule has 0 radical (unpaired) electrons. The first-order valence-corrected chi connectivity index (χ1v) is 8.74. The lowest BCUT2D eigenvalue weighted by Crippen LogP contribution is -2.29. The highest BCUT2D eigenvalue weighted by Crippen LogP contribution is 2.30. The van der Waals surface area contributed by atoms with E-state index in [4.69, 9.17) is 0 Å². The number of fused-ring (bicyclic) bond motifs is 1. The Hall–Kier alpha value is -1.87. The number of benzene rings is 1. The van der Waals surface area contributed by atoms with Gasteiger partial charge in [0.15, 0.2) is 0 Å². The van der Waals surface area contributed by atoms with Crippen LogP contribution in [0.5, 0.6) is 0 Å². The standard InChI is InChI=1S/C20H26N2O/c1-3-9-22-10-7-16(8-11-22)19-14-21-20-6-5-15(13-18(19)20)12-17(23)4-2/h5-7,13-14,21H,3-4,8-12H2,1-2H3. The van der Waals surface area contributed by atoms with Crippen molar-refractivity contribution in [3.05, 3.63) is 41.6 Å². The lowest BCUT2D eigenvalue weighted by molar-refractivity contribution is -0.118. The molecule has 1 aromatic carbocycles. The van der Waals surface area contributed by atoms with Gasteiger partial charge in [-0.1, -0.05) is 26.0 Å². The highest BCUT2D eigenvalue weighted by molar-refractivity contribution is 5.94. The molecular weight excluding hydrogens is 284 g/mol. The van der Waals surface area contributed by atoms with Crippen LogP contribution in [0, 0.1) is 0 Å². The van der Waals surface area contributed by atoms with E-state index >= 15 is 0 Å². The summed E-state index contributed by atoms with van der Waals surface area (Å²) in [6.07, 6.45) is 7.95. The molecule has 0 spiro atoms. The lowest BCUT2D eigenvalue weighted by Gasteiger charge is -2.25. The highest BCUT2D eigenvalue weighted by Gasteiger charge is 2.15. The largest absolute Gasteiger partial charge is 0.361 e. The Morgan fingerprint density at radius 2 is 2.17 bits per heavy atom. The Balaban J connectivity index is 1.86. The predicted molar refractivity (Wildman–Crippen MR) is 96.6 cm³/mol. The number of H-pyrrole nitrogens is 1. The van der Waals surface area contributed by atoms with Gasteiger partial charge in [-0.05, 0) is 42.7 Å². The number of aromatic nitrogens is 1. The van der Waals surface area contributed by atoms with Crippen molar-refractivity contribution in [1.29, 1.82) is 0 Å². The van der Waals surface area contributed by atoms with Gasteiger partial charge in [0.05, 0.1) is 0 Å². The molecule has 2 heterocycles. The third kappa shape index (κ3) is 3.56. The Labute approximate surface area is 138 Å². The molecule has 3 rings (SSSR count). The van der Waals surface area contributed by atoms with E-state index in [9.17, 15) is 4.79 Å². The molecule has 122 valence electrons. The number of aromatic amines is 1. The average molecular weight is 310 g/mol. The number of rotatable bonds is 6. The maximum Gasteiger partial charge on any atom is 0.136 e. The van der Waals surface area contributed by atoms with Crippen molar-refractivity contribution in [2.45, 2.75) is 39.5 Å². The van der Waals surface area contributed by atoms with Gasteiger partial charge >= 0.3 is 0 Å². The number of carbonyl (C=O) groups excluding carboxylic acids is 1. The van der Waals surface area contributed by atoms with E-state index in [-0.39, 0.29) is 0 Å². The Morgan fingerprint density at radius 1 is 1.30 bits per heavy atom. The SMILES string of the molecule is CCCN1CC=C(c2c[nH]c3ccc(CC(=O)CC)cc23)CC1. The molecule has 1 aliphatic heterocycles. The molecule has 0 saturated carbocycles. The van der Waals surface area contributed by atoms with Gasteiger partial charge in [0.1, 0.15) is 5.78 Å². The van der Waals surface area contributed by atoms with Crippen LogP contribution in [0.15, 0.2) is 30.5 Å². The fourth-order valence-electron chi connectivity index (χ4n) is 3.37. The van der Waals surface area contributed by atoms with E-state index in [0.717, 1.165) is 30.6 Å². The van der Waals surface area contributed by atoms with Gasteiger partial charge in [-0.15, -0.1) is 0 Å². The molecule has 0 fully saturated rings. The van der Waals surface area contributed by atoms with Gasteiger partial charge in [0.2, 0.25) is 0 Å². The van der Waals surface area contributed by atoms with Crippen LogP contribution < -0.4 is 0 Å². The number of Topliss-reactive ketones (excluding diaryl/α,β-unsaturated/α-hetero) is 1. The summed E-state index contributed by atoms with van der Waals surface area (Å²) in [6.45, 7) is 7.53. The van der Waals surface area contributed by atoms with Crippen LogP contribution in [0.1, 0.15) is 44.2 Å². The van der Waals surface area contributed by atoms with Crippen LogP contribution in [0.4, 0.5) is 0 Å². The van der Waals surface area contributed by atoms with Gasteiger partial charge in [0.25, 0.3) is 0 Å². The monoisotopic (exact) mass is 310 g/mol. The summed E-state index contributed by atoms with van der Waals surface area (Å²) in [4.78, 5) is 17.6. The smallest absolute Gasteiger partial charge is 0.136 e. The van der Waals surface area contributed by atoms with Crippen LogP contribution in [-0.2, 0) is 11.2 Å². The summed E-state index contributed by atoms with van der Waals surface area (Å²) in [5.74, 6) is 0.300. The second kappa shape index (κ2) is 7.14. The zero-order valence-electron chi connectivity index (χ0n) is 14.2. The van der Waals surface area contributed by atoms with Gasteiger partial charge in [-0.25, -0.2) is 0 Å². The minimum atomic E-state index is 0.300. The summed E-state index contributed by atoms with van der Waals surface area (Å²) in [7, 11) is 0. The van der Waals surface area contributed by atoms with Crippen molar-refractivity contribution in [3.63, 3.8) is 0 Å². The minimum absolute atomic E-state index is 0.300. The van der Waals surface area contributed by atoms with Gasteiger partial charge in [0, 0.05) is 48.6 Å². The second-order valence-electron chi connectivity index (χ2n) is 6.43. The summed E-state index contributed by atoms with van der Waals surface area (Å²) in [6, 6.07) is 6.35. The molecule has 3 nitrogen and oxygen atoms in total. The molecule has 3 heteroatoms. The summed E-state index contributed by atoms with van der Waals surface area (Å²) >= 11 is 0. The van der Waals surface area contributed by atoms with Crippen LogP contribution in [0.3, 0.4) is 0 Å². The predicted octanol–water partition coefficient (Wildman–Crippen LogP) is 4.19. The Morgan fingerprint density at radius 3 is 2.87 bits per heavy atom. The third-order valence-electron chi connectivity index (χ3n) is 4.72. The molecule has 1 aromatic heterocycles. The Kier molecular flexibility index (Phi) is 4.97. The molecule has 0 saturated heterocycles. The molecular formula is C20H26N2O. The van der Waals surface area contributed by atoms with E-state index < -0.39 is 0 Å². The first kappa shape index (κ1) is 16.0. The van der Waals surface area contributed by atoms with Crippen molar-refractivity contribution in [3.8, 4) is 0 Å². The number of nitrogens with zero attached hydrogens (tertiary/aromatic N) is 1. The number of hydrogen-bond acceptors (Lipinski definition) is 2. The number of ketones is 1. The van der Waals surface area contributed by atoms with Crippen molar-refractivity contribution < 1.29 is 4.79 Å². The van der Waals surface area contributed by atoms with E-state index in [0.29, 0.717) is 18.6 Å². The van der Waals surface area contributed by atoms with Crippen LogP contribution >= 0.6 is 0 Å². The van der Waals surface area contributed by atoms with Gasteiger partial charge < -0.3 is 4.98 Å². The number of carbonyl (C=O) groups is 1. The first-order valence-electron chi connectivity index (χ1n) is 8.74. The topological polar surface area (TPSA) is 36.1 Å². The molecule has 0 bridgehead atoms. The second-order valence-corrected chi connectivity index (χ2v) is 6.43. The van der Waals surface area contributed by atoms with Crippen LogP contribution in [-0.4, -0.2) is 35.3 Å². The van der Waals surface area contributed by atoms with Crippen molar-refractivity contribution in [2.75, 3.05) is 19.6 Å². The molecule has 0 unspecified atom stereocenters. The first-order chi connectivity index (χ1) is 11.2. The zero-order valence-corrected chi connectivity index (χ0v) is 14.2. The van der Waals surface area contributed by atoms with Crippen LogP contribution in [0.2, 0.25) is 0 Å². The summed E-state index contributed by atoms with van der Waals surface area (Å²) in [5.41, 5.74) is 5.02. The molecule has 1 aliphatic rings. The van der Waals surface area contributed by atoms with Gasteiger partial charge in [-0.2, -0.15) is 0 Å². The summed E-state index contributed by atoms with van der Waals surface area (Å²) < 4.78 is 0. The van der Waals surface area contributed by atoms with Gasteiger partial charge in [-0.3, -0.25) is 9.69 Å². The maximum atomic E-state index is 11.7. The Bertz CT molecular complexity index is 726.